The SMILES string of the molecule is NC1CCCN(c2ccc(=O)[nH]n2)C1. The number of hydrogen-bond acceptors (Lipinski definition) is 4. The molecule has 1 aliphatic rings. The molecule has 0 aromatic carbocycles. The van der Waals surface area contributed by atoms with Crippen molar-refractivity contribution >= 4 is 5.82 Å². The molecule has 3 N–H and O–H groups in total. The number of rotatable bonds is 1. The molecule has 1 fully saturated rings. The maximum atomic E-state index is 10.8. The maximum Gasteiger partial charge on any atom is 0.264 e. The van der Waals surface area contributed by atoms with Crippen molar-refractivity contribution in [1.82, 2.24) is 10.2 Å². The van der Waals surface area contributed by atoms with Crippen LogP contribution in [0.25, 0.3) is 0 Å². The zero-order valence-electron chi connectivity index (χ0n) is 7.94. The third-order valence-electron chi connectivity index (χ3n) is 2.45. The first-order valence-electron chi connectivity index (χ1n) is 4.82. The van der Waals surface area contributed by atoms with Crippen molar-refractivity contribution in [2.75, 3.05) is 18.0 Å². The number of nitrogens with zero attached hydrogens (tertiary/aromatic N) is 2. The topological polar surface area (TPSA) is 75.0 Å². The Kier molecular flexibility index (Phi) is 2.49. The van der Waals surface area contributed by atoms with E-state index in [4.69, 9.17) is 5.73 Å². The number of anilines is 1. The Morgan fingerprint density at radius 3 is 3.07 bits per heavy atom. The number of hydrogen-bond donors (Lipinski definition) is 2. The highest BCUT2D eigenvalue weighted by atomic mass is 16.1. The van der Waals surface area contributed by atoms with Gasteiger partial charge in [-0.1, -0.05) is 0 Å². The van der Waals surface area contributed by atoms with Crippen molar-refractivity contribution in [3.8, 4) is 0 Å². The van der Waals surface area contributed by atoms with Gasteiger partial charge in [-0.25, -0.2) is 5.10 Å². The van der Waals surface area contributed by atoms with E-state index in [9.17, 15) is 4.79 Å². The number of aromatic amines is 1. The van der Waals surface area contributed by atoms with Crippen LogP contribution in [0.3, 0.4) is 0 Å². The molecule has 76 valence electrons. The molecule has 2 heterocycles. The van der Waals surface area contributed by atoms with Gasteiger partial charge in [0.05, 0.1) is 0 Å². The summed E-state index contributed by atoms with van der Waals surface area (Å²) in [5.74, 6) is 0.805. The highest BCUT2D eigenvalue weighted by Crippen LogP contribution is 2.14. The van der Waals surface area contributed by atoms with Gasteiger partial charge in [-0.3, -0.25) is 4.79 Å². The molecule has 0 radical (unpaired) electrons. The number of piperidine rings is 1. The molecule has 0 aliphatic carbocycles. The molecule has 1 saturated heterocycles. The third-order valence-corrected chi connectivity index (χ3v) is 2.45. The van der Waals surface area contributed by atoms with Crippen molar-refractivity contribution in [3.63, 3.8) is 0 Å². The van der Waals surface area contributed by atoms with Crippen LogP contribution in [0.4, 0.5) is 5.82 Å². The van der Waals surface area contributed by atoms with Gasteiger partial charge in [0.1, 0.15) is 5.82 Å². The van der Waals surface area contributed by atoms with Crippen LogP contribution in [0.15, 0.2) is 16.9 Å². The minimum absolute atomic E-state index is 0.171. The zero-order chi connectivity index (χ0) is 9.97. The van der Waals surface area contributed by atoms with E-state index in [2.05, 4.69) is 15.1 Å². The van der Waals surface area contributed by atoms with Gasteiger partial charge in [0.2, 0.25) is 0 Å². The Hall–Kier alpha value is -1.36. The Morgan fingerprint density at radius 2 is 2.43 bits per heavy atom. The molecule has 0 amide bonds. The predicted octanol–water partition coefficient (Wildman–Crippen LogP) is -0.303. The second-order valence-corrected chi connectivity index (χ2v) is 3.63. The molecule has 1 atom stereocenters. The monoisotopic (exact) mass is 194 g/mol. The molecular weight excluding hydrogens is 180 g/mol. The van der Waals surface area contributed by atoms with Gasteiger partial charge in [0, 0.05) is 25.2 Å². The van der Waals surface area contributed by atoms with Crippen LogP contribution >= 0.6 is 0 Å². The van der Waals surface area contributed by atoms with E-state index in [1.807, 2.05) is 0 Å². The normalized spacial score (nSPS) is 22.4. The molecule has 0 bridgehead atoms. The van der Waals surface area contributed by atoms with Crippen LogP contribution in [-0.4, -0.2) is 29.3 Å². The fraction of sp³-hybridized carbons (Fsp3) is 0.556. The summed E-state index contributed by atoms with van der Waals surface area (Å²) in [7, 11) is 0. The molecule has 14 heavy (non-hydrogen) atoms. The second kappa shape index (κ2) is 3.79. The van der Waals surface area contributed by atoms with E-state index < -0.39 is 0 Å². The van der Waals surface area contributed by atoms with Crippen molar-refractivity contribution in [2.45, 2.75) is 18.9 Å². The first-order chi connectivity index (χ1) is 6.75. The van der Waals surface area contributed by atoms with Gasteiger partial charge in [-0.05, 0) is 18.9 Å². The zero-order valence-corrected chi connectivity index (χ0v) is 7.94. The average molecular weight is 194 g/mol. The molecule has 1 aliphatic heterocycles. The summed E-state index contributed by atoms with van der Waals surface area (Å²) in [5, 5.41) is 6.39. The largest absolute Gasteiger partial charge is 0.354 e. The molecule has 5 nitrogen and oxygen atoms in total. The van der Waals surface area contributed by atoms with Crippen LogP contribution in [0, 0.1) is 0 Å². The third kappa shape index (κ3) is 1.93. The van der Waals surface area contributed by atoms with E-state index in [1.165, 1.54) is 6.07 Å². The first kappa shape index (κ1) is 9.21. The number of nitrogens with two attached hydrogens (primary N) is 1. The number of H-pyrrole nitrogens is 1. The molecule has 1 aromatic rings. The smallest absolute Gasteiger partial charge is 0.264 e. The summed E-state index contributed by atoms with van der Waals surface area (Å²) in [5.41, 5.74) is 5.68. The predicted molar refractivity (Wildman–Crippen MR) is 54.3 cm³/mol. The highest BCUT2D eigenvalue weighted by Gasteiger charge is 2.17. The first-order valence-corrected chi connectivity index (χ1v) is 4.82. The maximum absolute atomic E-state index is 10.8. The lowest BCUT2D eigenvalue weighted by atomic mass is 10.1. The lowest BCUT2D eigenvalue weighted by Crippen LogP contribution is -2.43. The Balaban J connectivity index is 2.14. The van der Waals surface area contributed by atoms with Crippen LogP contribution in [0.2, 0.25) is 0 Å². The number of aromatic nitrogens is 2. The van der Waals surface area contributed by atoms with E-state index in [0.29, 0.717) is 0 Å². The lowest BCUT2D eigenvalue weighted by molar-refractivity contribution is 0.502. The minimum atomic E-state index is -0.171. The van der Waals surface area contributed by atoms with E-state index >= 15 is 0 Å². The highest BCUT2D eigenvalue weighted by molar-refractivity contribution is 5.37. The summed E-state index contributed by atoms with van der Waals surface area (Å²) >= 11 is 0. The lowest BCUT2D eigenvalue weighted by Gasteiger charge is -2.31. The molecule has 1 unspecified atom stereocenters. The van der Waals surface area contributed by atoms with Gasteiger partial charge in [0.25, 0.3) is 5.56 Å². The molecule has 1 aromatic heterocycles. The fourth-order valence-electron chi connectivity index (χ4n) is 1.73. The molecule has 5 heteroatoms. The van der Waals surface area contributed by atoms with Gasteiger partial charge >= 0.3 is 0 Å². The molecule has 0 spiro atoms. The average Bonchev–Trinajstić information content (AvgIpc) is 2.19. The van der Waals surface area contributed by atoms with Crippen molar-refractivity contribution < 1.29 is 0 Å². The standard InChI is InChI=1S/C9H14N4O/c10-7-2-1-5-13(6-7)8-3-4-9(14)12-11-8/h3-4,7H,1-2,5-6,10H2,(H,12,14). The van der Waals surface area contributed by atoms with E-state index in [0.717, 1.165) is 31.7 Å². The van der Waals surface area contributed by atoms with Crippen molar-refractivity contribution in [2.24, 2.45) is 5.73 Å². The van der Waals surface area contributed by atoms with E-state index in [1.54, 1.807) is 6.07 Å². The van der Waals surface area contributed by atoms with Crippen molar-refractivity contribution in [1.29, 1.82) is 0 Å². The van der Waals surface area contributed by atoms with Crippen LogP contribution in [-0.2, 0) is 0 Å². The van der Waals surface area contributed by atoms with Gasteiger partial charge in [0.15, 0.2) is 0 Å². The minimum Gasteiger partial charge on any atom is -0.354 e. The summed E-state index contributed by atoms with van der Waals surface area (Å²) in [6.07, 6.45) is 2.15. The quantitative estimate of drug-likeness (QED) is 0.643. The molecule has 0 saturated carbocycles. The Bertz CT molecular complexity index is 342. The Morgan fingerprint density at radius 1 is 1.57 bits per heavy atom. The number of nitrogens with one attached hydrogen (secondary N) is 1. The van der Waals surface area contributed by atoms with Crippen LogP contribution < -0.4 is 16.2 Å². The van der Waals surface area contributed by atoms with Crippen LogP contribution in [0.5, 0.6) is 0 Å². The summed E-state index contributed by atoms with van der Waals surface area (Å²) < 4.78 is 0. The van der Waals surface area contributed by atoms with E-state index in [-0.39, 0.29) is 11.6 Å². The van der Waals surface area contributed by atoms with Gasteiger partial charge in [-0.2, -0.15) is 5.10 Å². The summed E-state index contributed by atoms with van der Waals surface area (Å²) in [6, 6.07) is 3.44. The fourth-order valence-corrected chi connectivity index (χ4v) is 1.73. The molecule has 2 rings (SSSR count). The summed E-state index contributed by atoms with van der Waals surface area (Å²) in [6.45, 7) is 1.78. The van der Waals surface area contributed by atoms with Crippen molar-refractivity contribution in [3.05, 3.63) is 22.5 Å². The Labute approximate surface area is 81.9 Å². The van der Waals surface area contributed by atoms with Gasteiger partial charge < -0.3 is 10.6 Å². The second-order valence-electron chi connectivity index (χ2n) is 3.63. The summed E-state index contributed by atoms with van der Waals surface area (Å²) in [4.78, 5) is 12.9. The van der Waals surface area contributed by atoms with Gasteiger partial charge in [-0.15, -0.1) is 0 Å². The molecular formula is C9H14N4O. The van der Waals surface area contributed by atoms with Crippen LogP contribution in [0.1, 0.15) is 12.8 Å².